The molecule has 0 heterocycles. The summed E-state index contributed by atoms with van der Waals surface area (Å²) in [4.78, 5) is 90.2. The Balaban J connectivity index is 0.000000822. The van der Waals surface area contributed by atoms with Crippen LogP contribution in [0.3, 0.4) is 0 Å². The lowest BCUT2D eigenvalue weighted by Gasteiger charge is -2.37. The van der Waals surface area contributed by atoms with Crippen LogP contribution in [0.4, 0.5) is 0 Å². The first-order chi connectivity index (χ1) is 60.6. The number of ether oxygens (including phenoxy) is 13. The minimum absolute atomic E-state index is 0. The topological polar surface area (TPSA) is 280 Å². The van der Waals surface area contributed by atoms with Gasteiger partial charge >= 0.3 is 47.8 Å². The summed E-state index contributed by atoms with van der Waals surface area (Å²) in [6, 6.07) is 55.5. The lowest BCUT2D eigenvalue weighted by molar-refractivity contribution is -0.229. The van der Waals surface area contributed by atoms with Crippen molar-refractivity contribution >= 4 is 47.8 Å². The number of unbranched alkanes of at least 4 members (excludes halogenated alkanes) is 7. The fraction of sp³-hybridized carbons (Fsp3) is 0.400. The third-order valence-corrected chi connectivity index (χ3v) is 18.8. The van der Waals surface area contributed by atoms with Gasteiger partial charge in [0.2, 0.25) is 5.79 Å². The molecule has 0 amide bonds. The Morgan fingerprint density at radius 2 is 0.795 bits per heavy atom. The Bertz CT molecular complexity index is 4370. The normalized spacial score (nSPS) is 11.0. The van der Waals surface area contributed by atoms with Gasteiger partial charge in [-0.1, -0.05) is 226 Å². The number of hydrogen-bond donors (Lipinski definition) is 0. The van der Waals surface area contributed by atoms with E-state index in [0.717, 1.165) is 98.8 Å². The summed E-state index contributed by atoms with van der Waals surface area (Å²) in [6.07, 6.45) is 23.1. The summed E-state index contributed by atoms with van der Waals surface area (Å²) >= 11 is 0. The second kappa shape index (κ2) is 67.9. The van der Waals surface area contributed by atoms with Gasteiger partial charge in [-0.3, -0.25) is 0 Å². The van der Waals surface area contributed by atoms with Gasteiger partial charge in [0.05, 0.1) is 82.2 Å². The van der Waals surface area contributed by atoms with Crippen LogP contribution < -0.4 is 23.7 Å². The van der Waals surface area contributed by atoms with Gasteiger partial charge in [0.25, 0.3) is 0 Å². The fourth-order valence-corrected chi connectivity index (χ4v) is 12.0. The molecule has 0 aliphatic carbocycles. The van der Waals surface area contributed by atoms with Crippen molar-refractivity contribution in [2.75, 3.05) is 73.7 Å². The molecule has 7 aromatic rings. The second-order valence-corrected chi connectivity index (χ2v) is 30.0. The molecular formula is C105H137NO21. The molecule has 3 atom stereocenters. The second-order valence-electron chi connectivity index (χ2n) is 30.0. The quantitative estimate of drug-likeness (QED) is 0.00855. The Kier molecular flexibility index (Phi) is 60.2. The maximum atomic E-state index is 12.6. The molecule has 0 spiro atoms. The van der Waals surface area contributed by atoms with Crippen LogP contribution in [-0.2, 0) is 72.4 Å². The number of nitriles is 1. The van der Waals surface area contributed by atoms with Gasteiger partial charge in [-0.25, -0.2) is 38.4 Å². The molecule has 7 aromatic carbocycles. The highest BCUT2D eigenvalue weighted by Gasteiger charge is 2.39. The van der Waals surface area contributed by atoms with E-state index in [-0.39, 0.29) is 56.2 Å². The van der Waals surface area contributed by atoms with Crippen LogP contribution in [0.25, 0.3) is 11.1 Å². The van der Waals surface area contributed by atoms with E-state index in [4.69, 9.17) is 66.8 Å². The minimum atomic E-state index is -0.761. The molecule has 0 aliphatic rings. The van der Waals surface area contributed by atoms with E-state index in [9.17, 15) is 38.4 Å². The smallest absolute Gasteiger partial charge is 0.343 e. The monoisotopic (exact) mass is 1750 g/mol. The molecule has 0 saturated carbocycles. The molecule has 688 valence electrons. The van der Waals surface area contributed by atoms with Gasteiger partial charge < -0.3 is 61.6 Å². The molecule has 7 rings (SSSR count). The Morgan fingerprint density at radius 3 is 1.20 bits per heavy atom. The van der Waals surface area contributed by atoms with Gasteiger partial charge in [0.1, 0.15) is 28.7 Å². The molecule has 0 fully saturated rings. The molecule has 22 nitrogen and oxygen atoms in total. The van der Waals surface area contributed by atoms with Crippen molar-refractivity contribution in [2.24, 2.45) is 17.3 Å². The standard InChI is InChI=1S/C33H32O10.C22H23NO3.C17H20O2.C12H22O2.C11H20O2.C9H16O2.CH4/c1-4-30(34)40-20-6-18-38-26-12-8-24(9-13-26)32(36)42-28-16-17-29(23(3)22-28)43-33(37)25-10-14-27(15-11-25)39-19-7-21-41-31(35)5-2;1-2-22(24)26-16-6-4-3-5-15-25-21-13-11-20(12-14-21)19-9-7-18(17-23)8-10-19;1-14(15-10-6-4-7-11-15)17(18-2,19-3)16-12-8-5-9-13-16;1-6-11(13)14-8-7-10(2)9-12(3,4)5;1-4-7-8-10(5-2)9-13-11(12)6-3;1-3-5-6-7-8-11-9(10)4-2;/h4-5,8-17,22H,1-2,6-7,18-21H2,3H3;2,7-14H,1,3-6,15-16H2;4-14H,1-3H3;6,10H,1,7-9H2,2-5H3;6,10H,3-5,7-9H2,1-2H3;4H,2-3,5-8H2,1H3;1H4. The van der Waals surface area contributed by atoms with Crippen molar-refractivity contribution in [1.29, 1.82) is 5.26 Å². The fourth-order valence-electron chi connectivity index (χ4n) is 12.0. The minimum Gasteiger partial charge on any atom is -0.494 e. The Labute approximate surface area is 755 Å². The first-order valence-electron chi connectivity index (χ1n) is 42.9. The molecule has 0 aromatic heterocycles. The van der Waals surface area contributed by atoms with Gasteiger partial charge in [-0.2, -0.15) is 5.26 Å². The van der Waals surface area contributed by atoms with Gasteiger partial charge in [-0.15, -0.1) is 0 Å². The number of carbonyl (C=O) groups is 8. The number of hydrogen-bond acceptors (Lipinski definition) is 22. The van der Waals surface area contributed by atoms with E-state index < -0.39 is 29.7 Å². The highest BCUT2D eigenvalue weighted by atomic mass is 16.7. The average molecular weight is 1750 g/mol. The molecule has 127 heavy (non-hydrogen) atoms. The summed E-state index contributed by atoms with van der Waals surface area (Å²) in [6.45, 7) is 43.0. The highest BCUT2D eigenvalue weighted by Crippen LogP contribution is 2.40. The predicted octanol–water partition coefficient (Wildman–Crippen LogP) is 23.3. The lowest BCUT2D eigenvalue weighted by atomic mass is 9.84. The van der Waals surface area contributed by atoms with Crippen molar-refractivity contribution < 1.29 is 99.9 Å². The Morgan fingerprint density at radius 1 is 0.417 bits per heavy atom. The van der Waals surface area contributed by atoms with E-state index in [1.165, 1.54) is 61.6 Å². The van der Waals surface area contributed by atoms with E-state index in [0.29, 0.717) is 116 Å². The van der Waals surface area contributed by atoms with Crippen molar-refractivity contribution in [3.8, 4) is 45.9 Å². The number of benzene rings is 7. The zero-order valence-corrected chi connectivity index (χ0v) is 75.9. The van der Waals surface area contributed by atoms with Crippen LogP contribution in [0.2, 0.25) is 0 Å². The largest absolute Gasteiger partial charge is 0.494 e. The molecule has 0 radical (unpaired) electrons. The van der Waals surface area contributed by atoms with Crippen LogP contribution >= 0.6 is 0 Å². The maximum Gasteiger partial charge on any atom is 0.343 e. The summed E-state index contributed by atoms with van der Waals surface area (Å²) in [7, 11) is 3.38. The van der Waals surface area contributed by atoms with Crippen LogP contribution in [-0.4, -0.2) is 121 Å². The first-order valence-corrected chi connectivity index (χ1v) is 42.9. The number of methoxy groups -OCH3 is 2. The van der Waals surface area contributed by atoms with Crippen LogP contribution in [0.15, 0.2) is 252 Å². The van der Waals surface area contributed by atoms with Crippen molar-refractivity contribution in [1.82, 2.24) is 0 Å². The molecule has 0 saturated heterocycles. The van der Waals surface area contributed by atoms with E-state index in [1.807, 2.05) is 97.1 Å². The Hall–Kier alpha value is -12.5. The molecule has 0 aliphatic heterocycles. The van der Waals surface area contributed by atoms with Crippen LogP contribution in [0, 0.1) is 35.5 Å². The van der Waals surface area contributed by atoms with E-state index >= 15 is 0 Å². The zero-order valence-electron chi connectivity index (χ0n) is 75.9. The maximum absolute atomic E-state index is 12.6. The number of nitrogens with zero attached hydrogens (tertiary/aromatic N) is 1. The van der Waals surface area contributed by atoms with Crippen LogP contribution in [0.1, 0.15) is 214 Å². The third kappa shape index (κ3) is 49.7. The number of carbonyl (C=O) groups excluding carboxylic acids is 8. The number of rotatable bonds is 49. The van der Waals surface area contributed by atoms with Crippen LogP contribution in [0.5, 0.6) is 28.7 Å². The van der Waals surface area contributed by atoms with Crippen molar-refractivity contribution in [3.05, 3.63) is 285 Å². The third-order valence-electron chi connectivity index (χ3n) is 18.8. The summed E-state index contributed by atoms with van der Waals surface area (Å²) in [5, 5.41) is 8.84. The van der Waals surface area contributed by atoms with E-state index in [2.05, 4.69) is 113 Å². The predicted molar refractivity (Wildman–Crippen MR) is 501 cm³/mol. The zero-order chi connectivity index (χ0) is 93.2. The van der Waals surface area contributed by atoms with Gasteiger partial charge in [-0.05, 0) is 189 Å². The molecular weight excluding hydrogens is 1610 g/mol. The van der Waals surface area contributed by atoms with Crippen molar-refractivity contribution in [2.45, 2.75) is 184 Å². The number of aryl methyl sites for hydroxylation is 1. The summed E-state index contributed by atoms with van der Waals surface area (Å²) in [5.74, 6) is -0.404. The summed E-state index contributed by atoms with van der Waals surface area (Å²) < 4.78 is 68.8. The number of esters is 8. The first kappa shape index (κ1) is 113. The molecule has 3 unspecified atom stereocenters. The van der Waals surface area contributed by atoms with E-state index in [1.54, 1.807) is 81.8 Å². The molecule has 0 N–H and O–H groups in total. The SMILES string of the molecule is C.C=CC(=O)OCC(CC)CCCC.C=CC(=O)OCCC(C)CC(C)(C)C.C=CC(=O)OCCCCCC.C=CC(=O)OCCCCCCOc1ccc(-c2ccc(C#N)cc2)cc1.C=CC(=O)OCCCOc1ccc(C(=O)Oc2ccc(OC(=O)c3ccc(OCCCOC(=O)C=C)cc3)c(C)c2)cc1.COC(OC)(c1ccccc1)C(C)c1ccccc1. The highest BCUT2D eigenvalue weighted by molar-refractivity contribution is 5.92. The average Bonchev–Trinajstić information content (AvgIpc) is 0.785. The molecule has 0 bridgehead atoms. The van der Waals surface area contributed by atoms with Gasteiger partial charge in [0.15, 0.2) is 0 Å². The van der Waals surface area contributed by atoms with Crippen molar-refractivity contribution in [3.63, 3.8) is 0 Å². The molecule has 22 heteroatoms. The summed E-state index contributed by atoms with van der Waals surface area (Å²) in [5.41, 5.74) is 6.64. The lowest BCUT2D eigenvalue weighted by Crippen LogP contribution is -2.36. The van der Waals surface area contributed by atoms with Gasteiger partial charge in [0, 0.05) is 75.0 Å².